The topological polar surface area (TPSA) is 69.6 Å². The van der Waals surface area contributed by atoms with E-state index in [1.54, 1.807) is 12.4 Å². The summed E-state index contributed by atoms with van der Waals surface area (Å²) in [6.45, 7) is 1.67. The van der Waals surface area contributed by atoms with Crippen molar-refractivity contribution in [3.63, 3.8) is 0 Å². The van der Waals surface area contributed by atoms with Gasteiger partial charge in [-0.25, -0.2) is 0 Å². The minimum absolute atomic E-state index is 0.381. The van der Waals surface area contributed by atoms with Gasteiger partial charge in [0, 0.05) is 0 Å². The van der Waals surface area contributed by atoms with Gasteiger partial charge in [-0.3, -0.25) is 4.79 Å². The van der Waals surface area contributed by atoms with Crippen LogP contribution in [-0.2, 0) is 4.79 Å². The van der Waals surface area contributed by atoms with Gasteiger partial charge in [0.1, 0.15) is 6.04 Å². The lowest BCUT2D eigenvalue weighted by atomic mass is 10.2. The van der Waals surface area contributed by atoms with E-state index in [1.807, 2.05) is 0 Å². The SMILES string of the molecule is CC[C@H](NO)C(=O)O. The summed E-state index contributed by atoms with van der Waals surface area (Å²) in [4.78, 5) is 9.94. The van der Waals surface area contributed by atoms with Gasteiger partial charge in [0.05, 0.1) is 0 Å². The first kappa shape index (κ1) is 7.39. The molecule has 1 atom stereocenters. The predicted molar refractivity (Wildman–Crippen MR) is 26.6 cm³/mol. The zero-order valence-electron chi connectivity index (χ0n) is 4.59. The minimum atomic E-state index is -1.03. The molecule has 48 valence electrons. The van der Waals surface area contributed by atoms with Crippen molar-refractivity contribution in [2.24, 2.45) is 0 Å². The third kappa shape index (κ3) is 1.90. The third-order valence-electron chi connectivity index (χ3n) is 0.862. The number of rotatable bonds is 3. The zero-order chi connectivity index (χ0) is 6.57. The van der Waals surface area contributed by atoms with Crippen molar-refractivity contribution in [2.45, 2.75) is 19.4 Å². The monoisotopic (exact) mass is 119 g/mol. The molecule has 0 saturated heterocycles. The molecule has 0 heterocycles. The summed E-state index contributed by atoms with van der Waals surface area (Å²) in [5, 5.41) is 16.2. The number of hydrogen-bond donors (Lipinski definition) is 3. The first-order chi connectivity index (χ1) is 3.72. The summed E-state index contributed by atoms with van der Waals surface area (Å²) >= 11 is 0. The highest BCUT2D eigenvalue weighted by molar-refractivity contribution is 5.72. The smallest absolute Gasteiger partial charge is 0.323 e. The maximum atomic E-state index is 9.94. The Labute approximate surface area is 47.1 Å². The van der Waals surface area contributed by atoms with Crippen molar-refractivity contribution in [1.82, 2.24) is 5.48 Å². The molecule has 0 aliphatic rings. The van der Waals surface area contributed by atoms with E-state index in [0.29, 0.717) is 6.42 Å². The highest BCUT2D eigenvalue weighted by atomic mass is 16.5. The fourth-order valence-electron chi connectivity index (χ4n) is 0.321. The molecule has 3 N–H and O–H groups in total. The van der Waals surface area contributed by atoms with Crippen LogP contribution >= 0.6 is 0 Å². The van der Waals surface area contributed by atoms with Crippen molar-refractivity contribution < 1.29 is 15.1 Å². The molecular formula is C4H9NO3. The summed E-state index contributed by atoms with van der Waals surface area (Å²) in [7, 11) is 0. The summed E-state index contributed by atoms with van der Waals surface area (Å²) < 4.78 is 0. The van der Waals surface area contributed by atoms with Gasteiger partial charge in [0.25, 0.3) is 0 Å². The lowest BCUT2D eigenvalue weighted by molar-refractivity contribution is -0.142. The van der Waals surface area contributed by atoms with Crippen LogP contribution in [0.3, 0.4) is 0 Å². The van der Waals surface area contributed by atoms with E-state index in [2.05, 4.69) is 0 Å². The number of hydroxylamine groups is 1. The van der Waals surface area contributed by atoms with Gasteiger partial charge in [-0.05, 0) is 6.42 Å². The Morgan fingerprint density at radius 3 is 2.38 bits per heavy atom. The molecule has 0 saturated carbocycles. The van der Waals surface area contributed by atoms with E-state index in [-0.39, 0.29) is 0 Å². The van der Waals surface area contributed by atoms with Crippen molar-refractivity contribution in [1.29, 1.82) is 0 Å². The largest absolute Gasteiger partial charge is 0.480 e. The zero-order valence-corrected chi connectivity index (χ0v) is 4.59. The molecule has 0 aromatic rings. The first-order valence-electron chi connectivity index (χ1n) is 2.34. The Bertz CT molecular complexity index is 79.4. The molecule has 0 aliphatic carbocycles. The minimum Gasteiger partial charge on any atom is -0.480 e. The molecule has 0 spiro atoms. The maximum absolute atomic E-state index is 9.94. The van der Waals surface area contributed by atoms with Gasteiger partial charge in [0.15, 0.2) is 0 Å². The first-order valence-corrected chi connectivity index (χ1v) is 2.34. The summed E-state index contributed by atoms with van der Waals surface area (Å²) in [5.41, 5.74) is 1.65. The average Bonchev–Trinajstić information content (AvgIpc) is 1.69. The molecule has 0 aliphatic heterocycles. The molecule has 0 unspecified atom stereocenters. The Balaban J connectivity index is 3.52. The number of aliphatic carboxylic acids is 1. The fourth-order valence-corrected chi connectivity index (χ4v) is 0.321. The third-order valence-corrected chi connectivity index (χ3v) is 0.862. The van der Waals surface area contributed by atoms with E-state index in [1.165, 1.54) is 0 Å². The van der Waals surface area contributed by atoms with Crippen LogP contribution in [0.4, 0.5) is 0 Å². The second-order valence-electron chi connectivity index (χ2n) is 1.43. The van der Waals surface area contributed by atoms with Crippen LogP contribution in [0.15, 0.2) is 0 Å². The Morgan fingerprint density at radius 2 is 2.38 bits per heavy atom. The van der Waals surface area contributed by atoms with Crippen LogP contribution in [0.1, 0.15) is 13.3 Å². The standard InChI is InChI=1S/C4H9NO3/c1-2-3(5-8)4(6)7/h3,5,8H,2H2,1H3,(H,6,7)/t3-/m0/s1. The number of hydrogen-bond acceptors (Lipinski definition) is 3. The van der Waals surface area contributed by atoms with Gasteiger partial charge in [-0.15, -0.1) is 0 Å². The number of carboxylic acids is 1. The van der Waals surface area contributed by atoms with Gasteiger partial charge < -0.3 is 10.3 Å². The summed E-state index contributed by atoms with van der Waals surface area (Å²) in [6.07, 6.45) is 0.381. The maximum Gasteiger partial charge on any atom is 0.323 e. The van der Waals surface area contributed by atoms with Crippen LogP contribution in [0.25, 0.3) is 0 Å². The van der Waals surface area contributed by atoms with E-state index < -0.39 is 12.0 Å². The van der Waals surface area contributed by atoms with Gasteiger partial charge in [-0.2, -0.15) is 5.48 Å². The van der Waals surface area contributed by atoms with Crippen LogP contribution in [0, 0.1) is 0 Å². The molecule has 0 radical (unpaired) electrons. The van der Waals surface area contributed by atoms with Crippen molar-refractivity contribution >= 4 is 5.97 Å². The highest BCUT2D eigenvalue weighted by Crippen LogP contribution is 1.86. The van der Waals surface area contributed by atoms with Crippen molar-refractivity contribution in [2.75, 3.05) is 0 Å². The number of carboxylic acid groups (broad SMARTS) is 1. The quantitative estimate of drug-likeness (QED) is 0.451. The predicted octanol–water partition coefficient (Wildman–Crippen LogP) is -0.172. The summed E-state index contributed by atoms with van der Waals surface area (Å²) in [6, 6.07) is -0.824. The number of carbonyl (C=O) groups is 1. The average molecular weight is 119 g/mol. The van der Waals surface area contributed by atoms with E-state index in [0.717, 1.165) is 0 Å². The lowest BCUT2D eigenvalue weighted by Crippen LogP contribution is -2.33. The molecule has 0 fully saturated rings. The van der Waals surface area contributed by atoms with Crippen molar-refractivity contribution in [3.8, 4) is 0 Å². The van der Waals surface area contributed by atoms with E-state index >= 15 is 0 Å². The highest BCUT2D eigenvalue weighted by Gasteiger charge is 2.11. The van der Waals surface area contributed by atoms with Gasteiger partial charge in [-0.1, -0.05) is 6.92 Å². The van der Waals surface area contributed by atoms with Crippen LogP contribution in [-0.4, -0.2) is 22.3 Å². The molecule has 0 amide bonds. The number of nitrogens with one attached hydrogen (secondary N) is 1. The molecule has 4 heteroatoms. The molecular weight excluding hydrogens is 110 g/mol. The summed E-state index contributed by atoms with van der Waals surface area (Å²) in [5.74, 6) is -1.03. The van der Waals surface area contributed by atoms with Crippen LogP contribution in [0.2, 0.25) is 0 Å². The van der Waals surface area contributed by atoms with Crippen LogP contribution in [0.5, 0.6) is 0 Å². The second-order valence-corrected chi connectivity index (χ2v) is 1.43. The van der Waals surface area contributed by atoms with Gasteiger partial charge >= 0.3 is 5.97 Å². The van der Waals surface area contributed by atoms with E-state index in [9.17, 15) is 4.79 Å². The fraction of sp³-hybridized carbons (Fsp3) is 0.750. The van der Waals surface area contributed by atoms with Crippen molar-refractivity contribution in [3.05, 3.63) is 0 Å². The molecule has 0 bridgehead atoms. The Morgan fingerprint density at radius 1 is 1.88 bits per heavy atom. The van der Waals surface area contributed by atoms with Crippen LogP contribution < -0.4 is 5.48 Å². The Kier molecular flexibility index (Phi) is 3.14. The molecule has 0 rings (SSSR count). The molecule has 0 aromatic carbocycles. The van der Waals surface area contributed by atoms with E-state index in [4.69, 9.17) is 10.3 Å². The van der Waals surface area contributed by atoms with Gasteiger partial charge in [0.2, 0.25) is 0 Å². The molecule has 8 heavy (non-hydrogen) atoms. The Hall–Kier alpha value is -0.610. The molecule has 0 aromatic heterocycles. The lowest BCUT2D eigenvalue weighted by Gasteiger charge is -2.03. The normalized spacial score (nSPS) is 13.2. The molecule has 4 nitrogen and oxygen atoms in total. The second kappa shape index (κ2) is 3.40.